The highest BCUT2D eigenvalue weighted by atomic mass is 32.2. The summed E-state index contributed by atoms with van der Waals surface area (Å²) in [5, 5.41) is 3.71. The normalized spacial score (nSPS) is 19.6. The summed E-state index contributed by atoms with van der Waals surface area (Å²) in [6.45, 7) is 2.74. The minimum absolute atomic E-state index is 0.0976. The van der Waals surface area contributed by atoms with Crippen LogP contribution in [0, 0.1) is 6.92 Å². The van der Waals surface area contributed by atoms with E-state index in [0.717, 1.165) is 12.8 Å². The van der Waals surface area contributed by atoms with Gasteiger partial charge in [-0.1, -0.05) is 5.16 Å². The summed E-state index contributed by atoms with van der Waals surface area (Å²) in [5.74, 6) is 0.524. The predicted octanol–water partition coefficient (Wildman–Crippen LogP) is 0.236. The lowest BCUT2D eigenvalue weighted by molar-refractivity contribution is 0.319. The maximum absolute atomic E-state index is 12.1. The molecule has 1 saturated heterocycles. The van der Waals surface area contributed by atoms with Crippen LogP contribution in [0.25, 0.3) is 0 Å². The van der Waals surface area contributed by atoms with Gasteiger partial charge in [-0.15, -0.1) is 0 Å². The number of aromatic nitrogens is 1. The van der Waals surface area contributed by atoms with E-state index in [1.807, 2.05) is 0 Å². The quantitative estimate of drug-likeness (QED) is 0.839. The molecule has 6 nitrogen and oxygen atoms in total. The molecule has 96 valence electrons. The molecule has 2 heterocycles. The molecule has 0 aliphatic carbocycles. The first-order chi connectivity index (χ1) is 7.97. The van der Waals surface area contributed by atoms with E-state index in [1.54, 1.807) is 13.0 Å². The minimum atomic E-state index is -3.29. The lowest BCUT2D eigenvalue weighted by Gasteiger charge is -2.28. The lowest BCUT2D eigenvalue weighted by Crippen LogP contribution is -2.43. The molecule has 0 bridgehead atoms. The average Bonchev–Trinajstić information content (AvgIpc) is 2.63. The van der Waals surface area contributed by atoms with Gasteiger partial charge in [0.2, 0.25) is 10.0 Å². The molecule has 0 radical (unpaired) electrons. The number of nitrogens with zero attached hydrogens (tertiary/aromatic N) is 2. The number of piperidine rings is 1. The number of sulfonamides is 1. The predicted molar refractivity (Wildman–Crippen MR) is 62.6 cm³/mol. The molecule has 0 unspecified atom stereocenters. The molecule has 0 saturated carbocycles. The molecular weight excluding hydrogens is 242 g/mol. The zero-order valence-corrected chi connectivity index (χ0v) is 10.6. The van der Waals surface area contributed by atoms with Gasteiger partial charge in [0.1, 0.15) is 17.2 Å². The van der Waals surface area contributed by atoms with Crippen molar-refractivity contribution in [1.29, 1.82) is 0 Å². The summed E-state index contributed by atoms with van der Waals surface area (Å²) < 4.78 is 30.5. The molecule has 0 spiro atoms. The van der Waals surface area contributed by atoms with Crippen molar-refractivity contribution < 1.29 is 12.9 Å². The largest absolute Gasteiger partial charge is 0.361 e. The second-order valence-corrected chi connectivity index (χ2v) is 6.39. The van der Waals surface area contributed by atoms with Crippen LogP contribution in [0.4, 0.5) is 0 Å². The number of aryl methyl sites for hydroxylation is 1. The summed E-state index contributed by atoms with van der Waals surface area (Å²) in [6, 6.07) is 1.77. The fourth-order valence-corrected chi connectivity index (χ4v) is 3.38. The molecule has 7 heteroatoms. The van der Waals surface area contributed by atoms with Crippen LogP contribution in [0.5, 0.6) is 0 Å². The van der Waals surface area contributed by atoms with Gasteiger partial charge < -0.3 is 10.3 Å². The second kappa shape index (κ2) is 4.75. The van der Waals surface area contributed by atoms with Crippen LogP contribution in [0.1, 0.15) is 24.3 Å². The van der Waals surface area contributed by atoms with Gasteiger partial charge in [0.05, 0.1) is 0 Å². The summed E-state index contributed by atoms with van der Waals surface area (Å²) in [5.41, 5.74) is 6.20. The first kappa shape index (κ1) is 12.5. The Balaban J connectivity index is 2.04. The van der Waals surface area contributed by atoms with E-state index < -0.39 is 10.0 Å². The van der Waals surface area contributed by atoms with E-state index >= 15 is 0 Å². The van der Waals surface area contributed by atoms with Crippen LogP contribution in [-0.2, 0) is 15.8 Å². The second-order valence-electron chi connectivity index (χ2n) is 4.42. The molecule has 2 N–H and O–H groups in total. The summed E-state index contributed by atoms with van der Waals surface area (Å²) in [7, 11) is -3.29. The van der Waals surface area contributed by atoms with Crippen LogP contribution in [0.15, 0.2) is 10.6 Å². The number of hydrogen-bond donors (Lipinski definition) is 1. The Morgan fingerprint density at radius 3 is 2.71 bits per heavy atom. The molecule has 1 aliphatic heterocycles. The van der Waals surface area contributed by atoms with E-state index in [0.29, 0.717) is 24.5 Å². The fourth-order valence-electron chi connectivity index (χ4n) is 1.92. The molecule has 1 aromatic heterocycles. The van der Waals surface area contributed by atoms with Crippen molar-refractivity contribution in [3.63, 3.8) is 0 Å². The van der Waals surface area contributed by atoms with Gasteiger partial charge in [-0.2, -0.15) is 0 Å². The third kappa shape index (κ3) is 3.05. The highest BCUT2D eigenvalue weighted by Crippen LogP contribution is 2.16. The van der Waals surface area contributed by atoms with Crippen molar-refractivity contribution in [3.8, 4) is 0 Å². The molecule has 1 aromatic rings. The van der Waals surface area contributed by atoms with Crippen molar-refractivity contribution in [1.82, 2.24) is 9.46 Å². The zero-order valence-electron chi connectivity index (χ0n) is 9.80. The molecule has 2 rings (SSSR count). The molecule has 0 amide bonds. The Bertz CT molecular complexity index is 475. The number of hydrogen-bond acceptors (Lipinski definition) is 5. The Kier molecular flexibility index (Phi) is 3.50. The smallest absolute Gasteiger partial charge is 0.219 e. The van der Waals surface area contributed by atoms with Gasteiger partial charge >= 0.3 is 0 Å². The molecule has 17 heavy (non-hydrogen) atoms. The number of nitrogens with two attached hydrogens (primary N) is 1. The van der Waals surface area contributed by atoms with Crippen LogP contribution in [0.3, 0.4) is 0 Å². The van der Waals surface area contributed by atoms with Crippen molar-refractivity contribution in [2.24, 2.45) is 5.73 Å². The van der Waals surface area contributed by atoms with Gasteiger partial charge in [-0.05, 0) is 19.8 Å². The van der Waals surface area contributed by atoms with Gasteiger partial charge in [-0.3, -0.25) is 0 Å². The number of rotatable bonds is 3. The third-order valence-electron chi connectivity index (χ3n) is 2.90. The summed E-state index contributed by atoms with van der Waals surface area (Å²) >= 11 is 0. The molecule has 1 fully saturated rings. The SMILES string of the molecule is Cc1cc(CS(=O)(=O)N2CCC(N)CC2)no1. The Hall–Kier alpha value is -0.920. The van der Waals surface area contributed by atoms with Gasteiger partial charge in [0.15, 0.2) is 0 Å². The van der Waals surface area contributed by atoms with E-state index in [9.17, 15) is 8.42 Å². The zero-order chi connectivity index (χ0) is 12.5. The first-order valence-corrected chi connectivity index (χ1v) is 7.24. The van der Waals surface area contributed by atoms with E-state index in [-0.39, 0.29) is 11.8 Å². The van der Waals surface area contributed by atoms with E-state index in [1.165, 1.54) is 4.31 Å². The van der Waals surface area contributed by atoms with Gasteiger partial charge in [0, 0.05) is 25.2 Å². The van der Waals surface area contributed by atoms with Crippen LogP contribution in [0.2, 0.25) is 0 Å². The van der Waals surface area contributed by atoms with Crippen molar-refractivity contribution in [2.75, 3.05) is 13.1 Å². The summed E-state index contributed by atoms with van der Waals surface area (Å²) in [4.78, 5) is 0. The Morgan fingerprint density at radius 1 is 1.53 bits per heavy atom. The Morgan fingerprint density at radius 2 is 2.18 bits per heavy atom. The van der Waals surface area contributed by atoms with Crippen LogP contribution < -0.4 is 5.73 Å². The molecule has 0 aromatic carbocycles. The van der Waals surface area contributed by atoms with Crippen LogP contribution in [-0.4, -0.2) is 37.0 Å². The van der Waals surface area contributed by atoms with Crippen molar-refractivity contribution in [3.05, 3.63) is 17.5 Å². The fraction of sp³-hybridized carbons (Fsp3) is 0.700. The van der Waals surface area contributed by atoms with Crippen molar-refractivity contribution in [2.45, 2.75) is 31.6 Å². The third-order valence-corrected chi connectivity index (χ3v) is 4.71. The van der Waals surface area contributed by atoms with E-state index in [4.69, 9.17) is 10.3 Å². The topological polar surface area (TPSA) is 89.4 Å². The lowest BCUT2D eigenvalue weighted by atomic mass is 10.1. The van der Waals surface area contributed by atoms with Crippen molar-refractivity contribution >= 4 is 10.0 Å². The van der Waals surface area contributed by atoms with E-state index in [2.05, 4.69) is 5.16 Å². The summed E-state index contributed by atoms with van der Waals surface area (Å²) in [6.07, 6.45) is 1.44. The minimum Gasteiger partial charge on any atom is -0.361 e. The highest BCUT2D eigenvalue weighted by Gasteiger charge is 2.27. The standard InChI is InChI=1S/C10H17N3O3S/c1-8-6-10(12-16-8)7-17(14,15)13-4-2-9(11)3-5-13/h6,9H,2-5,7,11H2,1H3. The Labute approximate surface area is 101 Å². The first-order valence-electron chi connectivity index (χ1n) is 5.63. The maximum atomic E-state index is 12.1. The average molecular weight is 259 g/mol. The maximum Gasteiger partial charge on any atom is 0.219 e. The van der Waals surface area contributed by atoms with Gasteiger partial charge in [0.25, 0.3) is 0 Å². The molecule has 1 aliphatic rings. The molecule has 0 atom stereocenters. The monoisotopic (exact) mass is 259 g/mol. The highest BCUT2D eigenvalue weighted by molar-refractivity contribution is 7.88. The molecular formula is C10H17N3O3S. The van der Waals surface area contributed by atoms with Gasteiger partial charge in [-0.25, -0.2) is 12.7 Å². The van der Waals surface area contributed by atoms with Crippen LogP contribution >= 0.6 is 0 Å².